The fraction of sp³-hybridized carbons (Fsp3) is 0.353. The monoisotopic (exact) mass is 319 g/mol. The molecule has 0 bridgehead atoms. The highest BCUT2D eigenvalue weighted by atomic mass is 19.1. The Balaban J connectivity index is 1.56. The van der Waals surface area contributed by atoms with Gasteiger partial charge in [0.2, 0.25) is 0 Å². The van der Waals surface area contributed by atoms with Crippen LogP contribution in [-0.2, 0) is 0 Å². The highest BCUT2D eigenvalue weighted by molar-refractivity contribution is 5.50. The maximum Gasteiger partial charge on any atom is 0.149 e. The Hall–Kier alpha value is -2.05. The first kappa shape index (κ1) is 15.8. The van der Waals surface area contributed by atoms with Crippen molar-refractivity contribution in [3.05, 3.63) is 59.9 Å². The number of nitrogens with zero attached hydrogens (tertiary/aromatic N) is 2. The molecule has 0 radical (unpaired) electrons. The number of benzene rings is 1. The summed E-state index contributed by atoms with van der Waals surface area (Å²) in [4.78, 5) is 5.81. The first-order valence-corrected chi connectivity index (χ1v) is 7.66. The molecule has 122 valence electrons. The number of halogens is 2. The van der Waals surface area contributed by atoms with Crippen LogP contribution in [-0.4, -0.2) is 35.8 Å². The van der Waals surface area contributed by atoms with Gasteiger partial charge in [-0.1, -0.05) is 12.1 Å². The van der Waals surface area contributed by atoms with E-state index in [0.717, 1.165) is 6.42 Å². The largest absolute Gasteiger partial charge is 0.385 e. The van der Waals surface area contributed by atoms with E-state index in [0.29, 0.717) is 25.3 Å². The number of pyridine rings is 1. The highest BCUT2D eigenvalue weighted by Crippen LogP contribution is 2.26. The zero-order valence-electron chi connectivity index (χ0n) is 12.6. The molecule has 0 amide bonds. The van der Waals surface area contributed by atoms with Crippen LogP contribution in [0, 0.1) is 11.6 Å². The van der Waals surface area contributed by atoms with Crippen molar-refractivity contribution in [2.24, 2.45) is 0 Å². The van der Waals surface area contributed by atoms with Gasteiger partial charge in [0, 0.05) is 31.9 Å². The average Bonchev–Trinajstić information content (AvgIpc) is 3.02. The lowest BCUT2D eigenvalue weighted by atomic mass is 10.2. The zero-order valence-corrected chi connectivity index (χ0v) is 12.6. The smallest absolute Gasteiger partial charge is 0.149 e. The second-order valence-corrected chi connectivity index (χ2v) is 5.68. The van der Waals surface area contributed by atoms with Crippen LogP contribution in [0.1, 0.15) is 18.2 Å². The number of hydrogen-bond acceptors (Lipinski definition) is 4. The van der Waals surface area contributed by atoms with Crippen molar-refractivity contribution in [3.8, 4) is 0 Å². The summed E-state index contributed by atoms with van der Waals surface area (Å²) < 4.78 is 27.6. The van der Waals surface area contributed by atoms with E-state index in [1.165, 1.54) is 18.2 Å². The van der Waals surface area contributed by atoms with Crippen molar-refractivity contribution in [2.75, 3.05) is 24.5 Å². The summed E-state index contributed by atoms with van der Waals surface area (Å²) >= 11 is 0. The van der Waals surface area contributed by atoms with Gasteiger partial charge >= 0.3 is 0 Å². The summed E-state index contributed by atoms with van der Waals surface area (Å²) in [6, 6.07) is 9.36. The molecule has 2 unspecified atom stereocenters. The van der Waals surface area contributed by atoms with Gasteiger partial charge in [0.1, 0.15) is 23.4 Å². The van der Waals surface area contributed by atoms with Gasteiger partial charge in [-0.25, -0.2) is 8.78 Å². The van der Waals surface area contributed by atoms with Gasteiger partial charge in [0.15, 0.2) is 0 Å². The molecule has 1 aliphatic rings. The predicted molar refractivity (Wildman–Crippen MR) is 84.2 cm³/mol. The van der Waals surface area contributed by atoms with E-state index in [-0.39, 0.29) is 11.7 Å². The lowest BCUT2D eigenvalue weighted by Crippen LogP contribution is -2.35. The van der Waals surface area contributed by atoms with E-state index in [4.69, 9.17) is 0 Å². The summed E-state index contributed by atoms with van der Waals surface area (Å²) in [5.41, 5.74) is 0.636. The molecule has 6 heteroatoms. The SMILES string of the molecule is OC(CNC1CCN(c2c(F)cccc2F)C1)c1ccccn1. The van der Waals surface area contributed by atoms with Crippen molar-refractivity contribution in [1.29, 1.82) is 0 Å². The van der Waals surface area contributed by atoms with Crippen LogP contribution in [0.5, 0.6) is 0 Å². The van der Waals surface area contributed by atoms with E-state index < -0.39 is 17.7 Å². The van der Waals surface area contributed by atoms with Gasteiger partial charge in [-0.2, -0.15) is 0 Å². The molecule has 1 fully saturated rings. The second kappa shape index (κ2) is 7.02. The Kier molecular flexibility index (Phi) is 4.83. The molecule has 2 heterocycles. The molecular formula is C17H19F2N3O. The summed E-state index contributed by atoms with van der Waals surface area (Å²) in [5.74, 6) is -1.08. The Labute approximate surface area is 133 Å². The lowest BCUT2D eigenvalue weighted by Gasteiger charge is -2.21. The minimum atomic E-state index is -0.699. The first-order chi connectivity index (χ1) is 11.1. The average molecular weight is 319 g/mol. The standard InChI is InChI=1S/C17H19F2N3O/c18-13-4-3-5-14(19)17(13)22-9-7-12(11-22)21-10-16(23)15-6-1-2-8-20-15/h1-6,8,12,16,21,23H,7,9-11H2. The van der Waals surface area contributed by atoms with Crippen LogP contribution in [0.2, 0.25) is 0 Å². The van der Waals surface area contributed by atoms with Crippen molar-refractivity contribution in [2.45, 2.75) is 18.6 Å². The van der Waals surface area contributed by atoms with Gasteiger partial charge in [-0.3, -0.25) is 4.98 Å². The number of aromatic nitrogens is 1. The Bertz CT molecular complexity index is 633. The maximum absolute atomic E-state index is 13.8. The van der Waals surface area contributed by atoms with Crippen LogP contribution in [0.4, 0.5) is 14.5 Å². The van der Waals surface area contributed by atoms with Crippen LogP contribution in [0.25, 0.3) is 0 Å². The van der Waals surface area contributed by atoms with Gasteiger partial charge < -0.3 is 15.3 Å². The lowest BCUT2D eigenvalue weighted by molar-refractivity contribution is 0.166. The van der Waals surface area contributed by atoms with Crippen LogP contribution >= 0.6 is 0 Å². The summed E-state index contributed by atoms with van der Waals surface area (Å²) in [7, 11) is 0. The number of aliphatic hydroxyl groups is 1. The van der Waals surface area contributed by atoms with E-state index in [1.54, 1.807) is 23.2 Å². The summed E-state index contributed by atoms with van der Waals surface area (Å²) in [6.07, 6.45) is 1.70. The van der Waals surface area contributed by atoms with E-state index in [9.17, 15) is 13.9 Å². The summed E-state index contributed by atoms with van der Waals surface area (Å²) in [6.45, 7) is 1.44. The Morgan fingerprint density at radius 2 is 2.00 bits per heavy atom. The summed E-state index contributed by atoms with van der Waals surface area (Å²) in [5, 5.41) is 13.3. The minimum Gasteiger partial charge on any atom is -0.385 e. The van der Waals surface area contributed by atoms with E-state index in [2.05, 4.69) is 10.3 Å². The quantitative estimate of drug-likeness (QED) is 0.887. The number of hydrogen-bond donors (Lipinski definition) is 2. The highest BCUT2D eigenvalue weighted by Gasteiger charge is 2.26. The zero-order chi connectivity index (χ0) is 16.2. The predicted octanol–water partition coefficient (Wildman–Crippen LogP) is 2.26. The van der Waals surface area contributed by atoms with Gasteiger partial charge in [0.25, 0.3) is 0 Å². The second-order valence-electron chi connectivity index (χ2n) is 5.68. The molecule has 4 nitrogen and oxygen atoms in total. The van der Waals surface area contributed by atoms with E-state index in [1.807, 2.05) is 6.07 Å². The minimum absolute atomic E-state index is 0.0297. The fourth-order valence-corrected chi connectivity index (χ4v) is 2.88. The van der Waals surface area contributed by atoms with Gasteiger partial charge in [0.05, 0.1) is 5.69 Å². The number of rotatable bonds is 5. The van der Waals surface area contributed by atoms with Crippen molar-refractivity contribution >= 4 is 5.69 Å². The third kappa shape index (κ3) is 3.65. The maximum atomic E-state index is 13.8. The Morgan fingerprint density at radius 3 is 2.70 bits per heavy atom. The molecule has 2 aromatic rings. The molecule has 3 rings (SSSR count). The molecule has 0 aliphatic carbocycles. The normalized spacial score (nSPS) is 19.1. The molecule has 0 saturated carbocycles. The van der Waals surface area contributed by atoms with Crippen molar-refractivity contribution < 1.29 is 13.9 Å². The number of aliphatic hydroxyl groups excluding tert-OH is 1. The van der Waals surface area contributed by atoms with Crippen LogP contribution < -0.4 is 10.2 Å². The van der Waals surface area contributed by atoms with Crippen molar-refractivity contribution in [3.63, 3.8) is 0 Å². The van der Waals surface area contributed by atoms with Gasteiger partial charge in [-0.15, -0.1) is 0 Å². The third-order valence-corrected chi connectivity index (χ3v) is 4.07. The number of nitrogens with one attached hydrogen (secondary N) is 1. The molecule has 2 N–H and O–H groups in total. The molecule has 1 saturated heterocycles. The number of para-hydroxylation sites is 1. The third-order valence-electron chi connectivity index (χ3n) is 4.07. The fourth-order valence-electron chi connectivity index (χ4n) is 2.88. The molecule has 2 atom stereocenters. The Morgan fingerprint density at radius 1 is 1.22 bits per heavy atom. The molecule has 1 aliphatic heterocycles. The van der Waals surface area contributed by atoms with Crippen LogP contribution in [0.15, 0.2) is 42.6 Å². The van der Waals surface area contributed by atoms with Crippen molar-refractivity contribution in [1.82, 2.24) is 10.3 Å². The molecule has 1 aromatic heterocycles. The topological polar surface area (TPSA) is 48.4 Å². The first-order valence-electron chi connectivity index (χ1n) is 7.66. The molecule has 0 spiro atoms. The molecule has 23 heavy (non-hydrogen) atoms. The van der Waals surface area contributed by atoms with Crippen LogP contribution in [0.3, 0.4) is 0 Å². The van der Waals surface area contributed by atoms with Gasteiger partial charge in [-0.05, 0) is 30.7 Å². The molecule has 1 aromatic carbocycles. The molecular weight excluding hydrogens is 300 g/mol. The van der Waals surface area contributed by atoms with E-state index >= 15 is 0 Å². The number of anilines is 1.